The van der Waals surface area contributed by atoms with Gasteiger partial charge in [0.1, 0.15) is 4.32 Å². The molecule has 2 bridgehead atoms. The number of thioether (sulfide) groups is 1. The van der Waals surface area contributed by atoms with Crippen LogP contribution in [0.1, 0.15) is 29.2 Å². The van der Waals surface area contributed by atoms with Gasteiger partial charge in [-0.15, -0.1) is 0 Å². The molecule has 5 nitrogen and oxygen atoms in total. The van der Waals surface area contributed by atoms with Gasteiger partial charge in [0, 0.05) is 43.0 Å². The first kappa shape index (κ1) is 20.2. The zero-order valence-corrected chi connectivity index (χ0v) is 18.3. The van der Waals surface area contributed by atoms with E-state index in [1.807, 2.05) is 42.7 Å². The summed E-state index contributed by atoms with van der Waals surface area (Å²) in [5, 5.41) is 3.02. The molecule has 1 aromatic heterocycles. The van der Waals surface area contributed by atoms with E-state index in [2.05, 4.69) is 16.3 Å². The van der Waals surface area contributed by atoms with Crippen molar-refractivity contribution in [2.24, 2.45) is 5.92 Å². The van der Waals surface area contributed by atoms with Crippen molar-refractivity contribution in [2.75, 3.05) is 24.2 Å². The Bertz CT molecular complexity index is 997. The second kappa shape index (κ2) is 8.32. The zero-order valence-electron chi connectivity index (χ0n) is 16.7. The Labute approximate surface area is 180 Å². The minimum absolute atomic E-state index is 0.0381. The third kappa shape index (κ3) is 4.26. The van der Waals surface area contributed by atoms with Gasteiger partial charge in [-0.25, -0.2) is 0 Å². The number of rotatable bonds is 3. The average Bonchev–Trinajstić information content (AvgIpc) is 2.70. The highest BCUT2D eigenvalue weighted by molar-refractivity contribution is 8.23. The summed E-state index contributed by atoms with van der Waals surface area (Å²) >= 11 is 7.07. The molecule has 2 unspecified atom stereocenters. The molecule has 0 aliphatic carbocycles. The summed E-state index contributed by atoms with van der Waals surface area (Å²) in [6.07, 6.45) is 1.10. The molecular weight excluding hydrogens is 402 g/mol. The van der Waals surface area contributed by atoms with Gasteiger partial charge in [0.2, 0.25) is 5.91 Å². The predicted molar refractivity (Wildman–Crippen MR) is 123 cm³/mol. The Hall–Kier alpha value is -2.12. The standard InChI is InChI=1S/C22H25N3O2S2/c1-14-5-3-6-15(2)21(14)23-19(26)13-29-22(28)24-10-16-9-17(12-24)18-7-4-8-20(27)25(18)11-16/h3-8,16-17H,9-13H2,1-2H3,(H,23,26). The number of hydrogen-bond acceptors (Lipinski definition) is 4. The monoisotopic (exact) mass is 427 g/mol. The maximum absolute atomic E-state index is 12.5. The van der Waals surface area contributed by atoms with Gasteiger partial charge < -0.3 is 14.8 Å². The number of aromatic nitrogens is 1. The minimum atomic E-state index is -0.0381. The van der Waals surface area contributed by atoms with Gasteiger partial charge in [-0.3, -0.25) is 9.59 Å². The van der Waals surface area contributed by atoms with Crippen molar-refractivity contribution in [2.45, 2.75) is 32.7 Å². The topological polar surface area (TPSA) is 54.3 Å². The smallest absolute Gasteiger partial charge is 0.250 e. The Morgan fingerprint density at radius 2 is 1.86 bits per heavy atom. The summed E-state index contributed by atoms with van der Waals surface area (Å²) in [4.78, 5) is 26.8. The summed E-state index contributed by atoms with van der Waals surface area (Å²) in [6, 6.07) is 11.5. The van der Waals surface area contributed by atoms with E-state index in [1.165, 1.54) is 11.8 Å². The van der Waals surface area contributed by atoms with Gasteiger partial charge >= 0.3 is 0 Å². The number of likely N-dealkylation sites (tertiary alicyclic amines) is 1. The average molecular weight is 428 g/mol. The lowest BCUT2D eigenvalue weighted by Gasteiger charge is -2.43. The summed E-state index contributed by atoms with van der Waals surface area (Å²) in [5.41, 5.74) is 4.20. The van der Waals surface area contributed by atoms with E-state index in [9.17, 15) is 9.59 Å². The number of amides is 1. The number of piperidine rings is 1. The van der Waals surface area contributed by atoms with Crippen molar-refractivity contribution in [1.29, 1.82) is 0 Å². The summed E-state index contributed by atoms with van der Waals surface area (Å²) in [7, 11) is 0. The van der Waals surface area contributed by atoms with Crippen molar-refractivity contribution in [3.8, 4) is 0 Å². The van der Waals surface area contributed by atoms with Crippen LogP contribution < -0.4 is 10.9 Å². The first-order chi connectivity index (χ1) is 13.9. The summed E-state index contributed by atoms with van der Waals surface area (Å²) in [5.74, 6) is 1.000. The highest BCUT2D eigenvalue weighted by Gasteiger charge is 2.35. The van der Waals surface area contributed by atoms with E-state index in [4.69, 9.17) is 12.2 Å². The van der Waals surface area contributed by atoms with Gasteiger partial charge in [-0.05, 0) is 43.4 Å². The van der Waals surface area contributed by atoms with Crippen molar-refractivity contribution in [1.82, 2.24) is 9.47 Å². The molecule has 2 aliphatic rings. The Morgan fingerprint density at radius 3 is 2.62 bits per heavy atom. The van der Waals surface area contributed by atoms with Crippen LogP contribution in [0.15, 0.2) is 41.2 Å². The normalized spacial score (nSPS) is 20.1. The number of fused-ring (bicyclic) bond motifs is 4. The SMILES string of the molecule is Cc1cccc(C)c1NC(=O)CSC(=S)N1CC2CC(C1)c1cccc(=O)n1C2. The molecule has 1 aromatic carbocycles. The zero-order chi connectivity index (χ0) is 20.5. The molecule has 1 amide bonds. The second-order valence-corrected chi connectivity index (χ2v) is 9.58. The second-order valence-electron chi connectivity index (χ2n) is 7.97. The van der Waals surface area contributed by atoms with Crippen LogP contribution in [0.3, 0.4) is 0 Å². The van der Waals surface area contributed by atoms with Crippen LogP contribution in [0, 0.1) is 19.8 Å². The Kier molecular flexibility index (Phi) is 5.79. The lowest BCUT2D eigenvalue weighted by molar-refractivity contribution is -0.113. The maximum Gasteiger partial charge on any atom is 0.250 e. The van der Waals surface area contributed by atoms with Crippen molar-refractivity contribution in [3.05, 3.63) is 63.6 Å². The van der Waals surface area contributed by atoms with Crippen molar-refractivity contribution < 1.29 is 4.79 Å². The van der Waals surface area contributed by atoms with Crippen molar-refractivity contribution >= 4 is 39.9 Å². The van der Waals surface area contributed by atoms with Crippen LogP contribution in [0.2, 0.25) is 0 Å². The van der Waals surface area contributed by atoms with Gasteiger partial charge in [0.05, 0.1) is 5.75 Å². The summed E-state index contributed by atoms with van der Waals surface area (Å²) in [6.45, 7) is 6.40. The third-order valence-electron chi connectivity index (χ3n) is 5.81. The number of anilines is 1. The number of aryl methyl sites for hydroxylation is 2. The molecule has 0 radical (unpaired) electrons. The minimum Gasteiger partial charge on any atom is -0.356 e. The number of para-hydroxylation sites is 1. The number of benzene rings is 1. The van der Waals surface area contributed by atoms with Crippen LogP contribution in [0.4, 0.5) is 5.69 Å². The number of carbonyl (C=O) groups is 1. The lowest BCUT2D eigenvalue weighted by Crippen LogP contribution is -2.48. The quantitative estimate of drug-likeness (QED) is 0.760. The lowest BCUT2D eigenvalue weighted by atomic mass is 9.83. The Balaban J connectivity index is 1.36. The van der Waals surface area contributed by atoms with E-state index in [0.29, 0.717) is 17.6 Å². The molecule has 1 saturated heterocycles. The van der Waals surface area contributed by atoms with E-state index in [1.54, 1.807) is 6.07 Å². The Morgan fingerprint density at radius 1 is 1.14 bits per heavy atom. The molecule has 29 heavy (non-hydrogen) atoms. The highest BCUT2D eigenvalue weighted by Crippen LogP contribution is 2.36. The maximum atomic E-state index is 12.5. The molecule has 3 heterocycles. The van der Waals surface area contributed by atoms with Gasteiger partial charge in [0.15, 0.2) is 0 Å². The molecule has 7 heteroatoms. The number of nitrogens with zero attached hydrogens (tertiary/aromatic N) is 2. The third-order valence-corrected chi connectivity index (χ3v) is 7.33. The van der Waals surface area contributed by atoms with Crippen molar-refractivity contribution in [3.63, 3.8) is 0 Å². The van der Waals surface area contributed by atoms with Crippen LogP contribution in [-0.2, 0) is 11.3 Å². The first-order valence-electron chi connectivity index (χ1n) is 9.90. The van der Waals surface area contributed by atoms with Crippen LogP contribution in [-0.4, -0.2) is 38.5 Å². The van der Waals surface area contributed by atoms with Crippen LogP contribution in [0.5, 0.6) is 0 Å². The number of nitrogens with one attached hydrogen (secondary N) is 1. The van der Waals surface area contributed by atoms with Gasteiger partial charge in [0.25, 0.3) is 5.56 Å². The van der Waals surface area contributed by atoms with Gasteiger partial charge in [-0.1, -0.05) is 48.2 Å². The molecule has 152 valence electrons. The predicted octanol–water partition coefficient (Wildman–Crippen LogP) is 3.54. The van der Waals surface area contributed by atoms with E-state index >= 15 is 0 Å². The highest BCUT2D eigenvalue weighted by atomic mass is 32.2. The van der Waals surface area contributed by atoms with Crippen LogP contribution in [0.25, 0.3) is 0 Å². The molecular formula is C22H25N3O2S2. The number of pyridine rings is 1. The molecule has 4 rings (SSSR count). The molecule has 2 atom stereocenters. The number of carbonyl (C=O) groups excluding carboxylic acids is 1. The summed E-state index contributed by atoms with van der Waals surface area (Å²) < 4.78 is 2.69. The molecule has 0 spiro atoms. The fraction of sp³-hybridized carbons (Fsp3) is 0.409. The fourth-order valence-corrected chi connectivity index (χ4v) is 5.44. The molecule has 1 N–H and O–H groups in total. The fourth-order valence-electron chi connectivity index (χ4n) is 4.45. The molecule has 2 aromatic rings. The molecule has 1 fully saturated rings. The van der Waals surface area contributed by atoms with Crippen LogP contribution >= 0.6 is 24.0 Å². The van der Waals surface area contributed by atoms with E-state index in [0.717, 1.165) is 52.9 Å². The first-order valence-corrected chi connectivity index (χ1v) is 11.3. The number of hydrogen-bond donors (Lipinski definition) is 1. The largest absolute Gasteiger partial charge is 0.356 e. The van der Waals surface area contributed by atoms with E-state index in [-0.39, 0.29) is 11.5 Å². The molecule has 0 saturated carbocycles. The van der Waals surface area contributed by atoms with E-state index < -0.39 is 0 Å². The number of thiocarbonyl (C=S) groups is 1. The molecule has 2 aliphatic heterocycles. The van der Waals surface area contributed by atoms with Gasteiger partial charge in [-0.2, -0.15) is 0 Å².